The monoisotopic (exact) mass is 226 g/mol. The van der Waals surface area contributed by atoms with Crippen molar-refractivity contribution in [2.75, 3.05) is 5.73 Å². The Kier molecular flexibility index (Phi) is 2.01. The fourth-order valence-electron chi connectivity index (χ4n) is 1.82. The van der Waals surface area contributed by atoms with Gasteiger partial charge >= 0.3 is 0 Å². The molecule has 1 aromatic heterocycles. The first-order valence-electron chi connectivity index (χ1n) is 5.19. The smallest absolute Gasteiger partial charge is 0.178 e. The topological polar surface area (TPSA) is 72.3 Å². The summed E-state index contributed by atoms with van der Waals surface area (Å²) >= 11 is 0. The van der Waals surface area contributed by atoms with Gasteiger partial charge in [-0.3, -0.25) is 0 Å². The van der Waals surface area contributed by atoms with Crippen LogP contribution >= 0.6 is 0 Å². The molecule has 4 heteroatoms. The van der Waals surface area contributed by atoms with E-state index in [1.807, 2.05) is 12.1 Å². The molecule has 0 atom stereocenters. The number of nitrogens with zero attached hydrogens (tertiary/aromatic N) is 1. The molecule has 3 N–H and O–H groups in total. The zero-order chi connectivity index (χ0) is 11.8. The van der Waals surface area contributed by atoms with Crippen LogP contribution in [0.2, 0.25) is 0 Å². The Bertz CT molecular complexity index is 689. The van der Waals surface area contributed by atoms with Crippen LogP contribution in [-0.2, 0) is 0 Å². The molecule has 84 valence electrons. The molecule has 0 fully saturated rings. The summed E-state index contributed by atoms with van der Waals surface area (Å²) in [7, 11) is 0. The minimum atomic E-state index is 0.169. The lowest BCUT2D eigenvalue weighted by molar-refractivity contribution is 0.433. The second-order valence-electron chi connectivity index (χ2n) is 3.81. The second-order valence-corrected chi connectivity index (χ2v) is 3.81. The summed E-state index contributed by atoms with van der Waals surface area (Å²) in [6.07, 6.45) is 0. The lowest BCUT2D eigenvalue weighted by Gasteiger charge is -1.99. The number of aromatic nitrogens is 1. The van der Waals surface area contributed by atoms with E-state index < -0.39 is 0 Å². The number of benzene rings is 2. The number of hydrogen-bond acceptors (Lipinski definition) is 4. The van der Waals surface area contributed by atoms with Gasteiger partial charge in [-0.05, 0) is 30.3 Å². The van der Waals surface area contributed by atoms with E-state index in [0.29, 0.717) is 22.5 Å². The van der Waals surface area contributed by atoms with Gasteiger partial charge in [0, 0.05) is 5.69 Å². The molecule has 3 aromatic rings. The lowest BCUT2D eigenvalue weighted by Crippen LogP contribution is -1.83. The standard InChI is InChI=1S/C13H10N2O2/c14-8-5-6-9-11(7-8)15-17-13(9)10-3-1-2-4-12(10)16/h1-7,16H,14H2. The Labute approximate surface area is 97.3 Å². The summed E-state index contributed by atoms with van der Waals surface area (Å²) in [5.41, 5.74) is 7.61. The predicted octanol–water partition coefficient (Wildman–Crippen LogP) is 2.78. The molecule has 0 saturated carbocycles. The Morgan fingerprint density at radius 2 is 1.94 bits per heavy atom. The normalized spacial score (nSPS) is 10.8. The number of nitrogen functional groups attached to an aromatic ring is 1. The SMILES string of the molecule is Nc1ccc2c(-c3ccccc3O)onc2c1. The third-order valence-electron chi connectivity index (χ3n) is 2.65. The summed E-state index contributed by atoms with van der Waals surface area (Å²) in [4.78, 5) is 0. The molecule has 3 rings (SSSR count). The van der Waals surface area contributed by atoms with Gasteiger partial charge in [0.2, 0.25) is 0 Å². The fraction of sp³-hybridized carbons (Fsp3) is 0. The average molecular weight is 226 g/mol. The molecule has 0 spiro atoms. The summed E-state index contributed by atoms with van der Waals surface area (Å²) in [6.45, 7) is 0. The van der Waals surface area contributed by atoms with Gasteiger partial charge in [0.1, 0.15) is 11.3 Å². The first kappa shape index (κ1) is 9.72. The number of fused-ring (bicyclic) bond motifs is 1. The molecule has 17 heavy (non-hydrogen) atoms. The average Bonchev–Trinajstić information content (AvgIpc) is 2.72. The molecule has 1 heterocycles. The number of hydrogen-bond donors (Lipinski definition) is 2. The van der Waals surface area contributed by atoms with Crippen LogP contribution in [0.5, 0.6) is 5.75 Å². The van der Waals surface area contributed by atoms with E-state index in [1.54, 1.807) is 30.3 Å². The highest BCUT2D eigenvalue weighted by Gasteiger charge is 2.13. The largest absolute Gasteiger partial charge is 0.507 e. The molecular formula is C13H10N2O2. The Balaban J connectivity index is 2.29. The Morgan fingerprint density at radius 3 is 2.76 bits per heavy atom. The van der Waals surface area contributed by atoms with Crippen LogP contribution in [0.1, 0.15) is 0 Å². The van der Waals surface area contributed by atoms with Gasteiger partial charge in [-0.25, -0.2) is 0 Å². The molecule has 0 aliphatic heterocycles. The first-order chi connectivity index (χ1) is 8.25. The van der Waals surface area contributed by atoms with Crippen molar-refractivity contribution in [1.29, 1.82) is 0 Å². The Hall–Kier alpha value is -2.49. The third-order valence-corrected chi connectivity index (χ3v) is 2.65. The highest BCUT2D eigenvalue weighted by molar-refractivity contribution is 5.94. The molecule has 0 aliphatic carbocycles. The van der Waals surface area contributed by atoms with Crippen molar-refractivity contribution in [3.05, 3.63) is 42.5 Å². The van der Waals surface area contributed by atoms with Crippen LogP contribution < -0.4 is 5.73 Å². The zero-order valence-electron chi connectivity index (χ0n) is 8.92. The van der Waals surface area contributed by atoms with Crippen molar-refractivity contribution in [1.82, 2.24) is 5.16 Å². The van der Waals surface area contributed by atoms with Gasteiger partial charge < -0.3 is 15.4 Å². The maximum atomic E-state index is 9.78. The highest BCUT2D eigenvalue weighted by atomic mass is 16.5. The number of nitrogens with two attached hydrogens (primary N) is 1. The van der Waals surface area contributed by atoms with Gasteiger partial charge in [0.25, 0.3) is 0 Å². The van der Waals surface area contributed by atoms with Gasteiger partial charge in [-0.1, -0.05) is 17.3 Å². The number of aromatic hydroxyl groups is 1. The van der Waals surface area contributed by atoms with Crippen molar-refractivity contribution >= 4 is 16.6 Å². The van der Waals surface area contributed by atoms with Gasteiger partial charge in [-0.15, -0.1) is 0 Å². The van der Waals surface area contributed by atoms with Crippen molar-refractivity contribution in [2.45, 2.75) is 0 Å². The molecule has 2 aromatic carbocycles. The van der Waals surface area contributed by atoms with Crippen LogP contribution in [0, 0.1) is 0 Å². The zero-order valence-corrected chi connectivity index (χ0v) is 8.92. The van der Waals surface area contributed by atoms with E-state index in [9.17, 15) is 5.11 Å². The van der Waals surface area contributed by atoms with E-state index in [1.165, 1.54) is 0 Å². The van der Waals surface area contributed by atoms with E-state index in [2.05, 4.69) is 5.16 Å². The molecular weight excluding hydrogens is 216 g/mol. The summed E-state index contributed by atoms with van der Waals surface area (Å²) < 4.78 is 5.27. The predicted molar refractivity (Wildman–Crippen MR) is 65.5 cm³/mol. The molecule has 4 nitrogen and oxygen atoms in total. The molecule has 0 aliphatic rings. The molecule has 0 radical (unpaired) electrons. The molecule has 0 unspecified atom stereocenters. The summed E-state index contributed by atoms with van der Waals surface area (Å²) in [5, 5.41) is 14.5. The summed E-state index contributed by atoms with van der Waals surface area (Å²) in [5.74, 6) is 0.723. The van der Waals surface area contributed by atoms with Crippen LogP contribution in [0.15, 0.2) is 47.0 Å². The van der Waals surface area contributed by atoms with Crippen molar-refractivity contribution in [3.8, 4) is 17.1 Å². The van der Waals surface area contributed by atoms with Crippen LogP contribution in [0.4, 0.5) is 5.69 Å². The number of phenols is 1. The van der Waals surface area contributed by atoms with Crippen LogP contribution in [-0.4, -0.2) is 10.3 Å². The van der Waals surface area contributed by atoms with Crippen LogP contribution in [0.3, 0.4) is 0 Å². The van der Waals surface area contributed by atoms with Crippen LogP contribution in [0.25, 0.3) is 22.2 Å². The molecule has 0 saturated heterocycles. The maximum Gasteiger partial charge on any atom is 0.178 e. The van der Waals surface area contributed by atoms with Crippen molar-refractivity contribution in [3.63, 3.8) is 0 Å². The maximum absolute atomic E-state index is 9.78. The highest BCUT2D eigenvalue weighted by Crippen LogP contribution is 2.34. The van der Waals surface area contributed by atoms with E-state index in [4.69, 9.17) is 10.3 Å². The van der Waals surface area contributed by atoms with Gasteiger partial charge in [0.05, 0.1) is 10.9 Å². The van der Waals surface area contributed by atoms with Gasteiger partial charge in [-0.2, -0.15) is 0 Å². The number of phenolic OH excluding ortho intramolecular Hbond substituents is 1. The third kappa shape index (κ3) is 1.50. The second kappa shape index (κ2) is 3.52. The summed E-state index contributed by atoms with van der Waals surface area (Å²) in [6, 6.07) is 12.3. The number of rotatable bonds is 1. The van der Waals surface area contributed by atoms with E-state index in [-0.39, 0.29) is 5.75 Å². The molecule has 0 amide bonds. The minimum Gasteiger partial charge on any atom is -0.507 e. The quantitative estimate of drug-likeness (QED) is 0.626. The van der Waals surface area contributed by atoms with E-state index in [0.717, 1.165) is 5.39 Å². The lowest BCUT2D eigenvalue weighted by atomic mass is 10.1. The number of anilines is 1. The van der Waals surface area contributed by atoms with E-state index >= 15 is 0 Å². The first-order valence-corrected chi connectivity index (χ1v) is 5.19. The Morgan fingerprint density at radius 1 is 1.12 bits per heavy atom. The minimum absolute atomic E-state index is 0.169. The number of para-hydroxylation sites is 1. The fourth-order valence-corrected chi connectivity index (χ4v) is 1.82. The van der Waals surface area contributed by atoms with Gasteiger partial charge in [0.15, 0.2) is 5.76 Å². The van der Waals surface area contributed by atoms with Crippen molar-refractivity contribution in [2.24, 2.45) is 0 Å². The molecule has 0 bridgehead atoms. The van der Waals surface area contributed by atoms with Crippen molar-refractivity contribution < 1.29 is 9.63 Å².